The number of aryl methyl sites for hydroxylation is 1. The molecule has 0 radical (unpaired) electrons. The molecule has 0 aliphatic carbocycles. The van der Waals surface area contributed by atoms with Crippen LogP contribution in [0.15, 0.2) is 6.20 Å². The Balaban J connectivity index is 1.94. The van der Waals surface area contributed by atoms with Gasteiger partial charge in [0.05, 0.1) is 11.8 Å². The second-order valence-electron chi connectivity index (χ2n) is 5.72. The van der Waals surface area contributed by atoms with Crippen molar-refractivity contribution < 1.29 is 9.53 Å². The summed E-state index contributed by atoms with van der Waals surface area (Å²) in [6.45, 7) is 6.97. The van der Waals surface area contributed by atoms with Gasteiger partial charge in [-0.25, -0.2) is 0 Å². The molecule has 0 saturated carbocycles. The lowest BCUT2D eigenvalue weighted by atomic mass is 9.93. The van der Waals surface area contributed by atoms with E-state index in [1.165, 1.54) is 0 Å². The summed E-state index contributed by atoms with van der Waals surface area (Å²) >= 11 is 0. The number of nitrogens with zero attached hydrogens (tertiary/aromatic N) is 2. The first-order valence-corrected chi connectivity index (χ1v) is 7.74. The minimum absolute atomic E-state index is 0.0366. The van der Waals surface area contributed by atoms with Crippen LogP contribution in [0.3, 0.4) is 0 Å². The van der Waals surface area contributed by atoms with Crippen LogP contribution in [0.5, 0.6) is 0 Å². The standard InChI is InChI=1S/C15H26N4O2/c1-11(13-4-8-21-9-5-13)18-15(20)14-10-17-19(12(14)2)7-3-6-16/h10-11,13H,3-9,16H2,1-2H3,(H,18,20). The number of hydrogen-bond donors (Lipinski definition) is 2. The van der Waals surface area contributed by atoms with Crippen LogP contribution in [0.1, 0.15) is 42.2 Å². The molecular weight excluding hydrogens is 268 g/mol. The highest BCUT2D eigenvalue weighted by Gasteiger charge is 2.23. The summed E-state index contributed by atoms with van der Waals surface area (Å²) in [5.74, 6) is 0.459. The lowest BCUT2D eigenvalue weighted by Crippen LogP contribution is -2.40. The van der Waals surface area contributed by atoms with Crippen LogP contribution in [0.4, 0.5) is 0 Å². The molecule has 3 N–H and O–H groups in total. The zero-order chi connectivity index (χ0) is 15.2. The number of hydrogen-bond acceptors (Lipinski definition) is 4. The predicted octanol–water partition coefficient (Wildman–Crippen LogP) is 1.09. The van der Waals surface area contributed by atoms with Crippen molar-refractivity contribution in [2.75, 3.05) is 19.8 Å². The van der Waals surface area contributed by atoms with Crippen molar-refractivity contribution in [3.8, 4) is 0 Å². The van der Waals surface area contributed by atoms with Gasteiger partial charge in [0.1, 0.15) is 0 Å². The van der Waals surface area contributed by atoms with Crippen LogP contribution >= 0.6 is 0 Å². The smallest absolute Gasteiger partial charge is 0.254 e. The van der Waals surface area contributed by atoms with Crippen molar-refractivity contribution in [3.63, 3.8) is 0 Å². The molecule has 1 saturated heterocycles. The van der Waals surface area contributed by atoms with Crippen molar-refractivity contribution in [1.29, 1.82) is 0 Å². The third kappa shape index (κ3) is 4.04. The fraction of sp³-hybridized carbons (Fsp3) is 0.733. The van der Waals surface area contributed by atoms with Crippen molar-refractivity contribution >= 4 is 5.91 Å². The van der Waals surface area contributed by atoms with Crippen LogP contribution in [0, 0.1) is 12.8 Å². The van der Waals surface area contributed by atoms with E-state index in [9.17, 15) is 4.79 Å². The Labute approximate surface area is 126 Å². The Morgan fingerprint density at radius 2 is 2.29 bits per heavy atom. The quantitative estimate of drug-likeness (QED) is 0.822. The number of nitrogens with one attached hydrogen (secondary N) is 1. The number of nitrogens with two attached hydrogens (primary N) is 1. The van der Waals surface area contributed by atoms with Crippen molar-refractivity contribution in [1.82, 2.24) is 15.1 Å². The molecule has 1 amide bonds. The maximum Gasteiger partial charge on any atom is 0.254 e. The van der Waals surface area contributed by atoms with E-state index in [0.717, 1.165) is 44.7 Å². The molecular formula is C15H26N4O2. The third-order valence-corrected chi connectivity index (χ3v) is 4.25. The molecule has 1 unspecified atom stereocenters. The molecule has 1 aliphatic heterocycles. The molecule has 0 spiro atoms. The molecule has 6 heteroatoms. The molecule has 1 aromatic rings. The molecule has 0 bridgehead atoms. The molecule has 2 rings (SSSR count). The topological polar surface area (TPSA) is 82.2 Å². The van der Waals surface area contributed by atoms with E-state index in [1.54, 1.807) is 6.20 Å². The van der Waals surface area contributed by atoms with E-state index in [-0.39, 0.29) is 11.9 Å². The van der Waals surface area contributed by atoms with Crippen LogP contribution in [-0.2, 0) is 11.3 Å². The van der Waals surface area contributed by atoms with Gasteiger partial charge in [0.2, 0.25) is 0 Å². The molecule has 21 heavy (non-hydrogen) atoms. The lowest BCUT2D eigenvalue weighted by molar-refractivity contribution is 0.0538. The Bertz CT molecular complexity index is 466. The Morgan fingerprint density at radius 1 is 1.57 bits per heavy atom. The van der Waals surface area contributed by atoms with E-state index >= 15 is 0 Å². The van der Waals surface area contributed by atoms with E-state index in [0.29, 0.717) is 18.0 Å². The highest BCUT2D eigenvalue weighted by molar-refractivity contribution is 5.95. The van der Waals surface area contributed by atoms with E-state index in [2.05, 4.69) is 17.3 Å². The highest BCUT2D eigenvalue weighted by atomic mass is 16.5. The Morgan fingerprint density at radius 3 is 2.95 bits per heavy atom. The van der Waals surface area contributed by atoms with Crippen molar-refractivity contribution in [3.05, 3.63) is 17.5 Å². The molecule has 0 aromatic carbocycles. The van der Waals surface area contributed by atoms with Gasteiger partial charge in [-0.1, -0.05) is 0 Å². The fourth-order valence-electron chi connectivity index (χ4n) is 2.75. The van der Waals surface area contributed by atoms with Gasteiger partial charge in [0, 0.05) is 31.5 Å². The van der Waals surface area contributed by atoms with Gasteiger partial charge < -0.3 is 15.8 Å². The SMILES string of the molecule is Cc1c(C(=O)NC(C)C2CCOCC2)cnn1CCCN. The maximum atomic E-state index is 12.4. The molecule has 1 aromatic heterocycles. The van der Waals surface area contributed by atoms with Gasteiger partial charge in [0.15, 0.2) is 0 Å². The first kappa shape index (κ1) is 16.0. The Kier molecular flexibility index (Phi) is 5.76. The summed E-state index contributed by atoms with van der Waals surface area (Å²) in [6.07, 6.45) is 4.53. The van der Waals surface area contributed by atoms with Gasteiger partial charge in [0.25, 0.3) is 5.91 Å². The number of carbonyl (C=O) groups excluding carboxylic acids is 1. The van der Waals surface area contributed by atoms with Crippen LogP contribution in [0.2, 0.25) is 0 Å². The second kappa shape index (κ2) is 7.56. The number of rotatable bonds is 6. The summed E-state index contributed by atoms with van der Waals surface area (Å²) in [7, 11) is 0. The number of aromatic nitrogens is 2. The predicted molar refractivity (Wildman–Crippen MR) is 81.1 cm³/mol. The van der Waals surface area contributed by atoms with Gasteiger partial charge in [-0.3, -0.25) is 9.48 Å². The summed E-state index contributed by atoms with van der Waals surface area (Å²) in [5, 5.41) is 7.38. The minimum Gasteiger partial charge on any atom is -0.381 e. The number of ether oxygens (including phenoxy) is 1. The van der Waals surface area contributed by atoms with E-state index < -0.39 is 0 Å². The van der Waals surface area contributed by atoms with Gasteiger partial charge in [-0.2, -0.15) is 5.10 Å². The zero-order valence-electron chi connectivity index (χ0n) is 13.0. The molecule has 2 heterocycles. The molecule has 1 fully saturated rings. The largest absolute Gasteiger partial charge is 0.381 e. The first-order chi connectivity index (χ1) is 10.1. The van der Waals surface area contributed by atoms with E-state index in [4.69, 9.17) is 10.5 Å². The van der Waals surface area contributed by atoms with Crippen LogP contribution in [-0.4, -0.2) is 41.5 Å². The highest BCUT2D eigenvalue weighted by Crippen LogP contribution is 2.19. The van der Waals surface area contributed by atoms with Crippen molar-refractivity contribution in [2.24, 2.45) is 11.7 Å². The summed E-state index contributed by atoms with van der Waals surface area (Å²) in [4.78, 5) is 12.4. The summed E-state index contributed by atoms with van der Waals surface area (Å²) < 4.78 is 7.21. The summed E-state index contributed by atoms with van der Waals surface area (Å²) in [5.41, 5.74) is 7.07. The molecule has 1 atom stereocenters. The van der Waals surface area contributed by atoms with Crippen LogP contribution < -0.4 is 11.1 Å². The third-order valence-electron chi connectivity index (χ3n) is 4.25. The van der Waals surface area contributed by atoms with Gasteiger partial charge in [-0.05, 0) is 45.6 Å². The number of amides is 1. The average molecular weight is 294 g/mol. The lowest BCUT2D eigenvalue weighted by Gasteiger charge is -2.28. The average Bonchev–Trinajstić information content (AvgIpc) is 2.87. The zero-order valence-corrected chi connectivity index (χ0v) is 13.0. The van der Waals surface area contributed by atoms with E-state index in [1.807, 2.05) is 11.6 Å². The van der Waals surface area contributed by atoms with Crippen LogP contribution in [0.25, 0.3) is 0 Å². The molecule has 118 valence electrons. The first-order valence-electron chi connectivity index (χ1n) is 7.74. The maximum absolute atomic E-state index is 12.4. The molecule has 6 nitrogen and oxygen atoms in total. The van der Waals surface area contributed by atoms with Crippen molar-refractivity contribution in [2.45, 2.75) is 45.7 Å². The monoisotopic (exact) mass is 294 g/mol. The second-order valence-corrected chi connectivity index (χ2v) is 5.72. The fourth-order valence-corrected chi connectivity index (χ4v) is 2.75. The normalized spacial score (nSPS) is 17.7. The Hall–Kier alpha value is -1.40. The molecule has 1 aliphatic rings. The summed E-state index contributed by atoms with van der Waals surface area (Å²) in [6, 6.07) is 0.160. The number of carbonyl (C=O) groups is 1. The minimum atomic E-state index is -0.0366. The van der Waals surface area contributed by atoms with Gasteiger partial charge >= 0.3 is 0 Å². The van der Waals surface area contributed by atoms with Gasteiger partial charge in [-0.15, -0.1) is 0 Å².